The fourth-order valence-corrected chi connectivity index (χ4v) is 8.89. The molecule has 0 rings (SSSR count). The Bertz CT molecular complexity index is 953. The van der Waals surface area contributed by atoms with E-state index < -0.39 is 20.0 Å². The highest BCUT2D eigenvalue weighted by atomic mass is 31.2. The zero-order valence-corrected chi connectivity index (χ0v) is 40.9. The quantitative estimate of drug-likeness (QED) is 0.0272. The van der Waals surface area contributed by atoms with Crippen LogP contribution in [0.1, 0.15) is 277 Å². The van der Waals surface area contributed by atoms with Crippen LogP contribution in [-0.2, 0) is 18.4 Å². The number of carbonyl (C=O) groups is 1. The zero-order chi connectivity index (χ0) is 43.9. The molecule has 60 heavy (non-hydrogen) atoms. The Morgan fingerprint density at radius 1 is 0.533 bits per heavy atom. The number of rotatable bonds is 50. The number of aliphatic hydroxyl groups is 1. The molecule has 3 unspecified atom stereocenters. The van der Waals surface area contributed by atoms with Gasteiger partial charge < -0.3 is 21.1 Å². The molecule has 0 aliphatic carbocycles. The Morgan fingerprint density at radius 2 is 0.867 bits per heavy atom. The Hall–Kier alpha value is -0.760. The van der Waals surface area contributed by atoms with Gasteiger partial charge in [-0.25, -0.2) is 4.57 Å². The van der Waals surface area contributed by atoms with E-state index in [9.17, 15) is 19.4 Å². The summed E-state index contributed by atoms with van der Waals surface area (Å²) in [6.45, 7) is 4.25. The number of phosphoric acid groups is 1. The summed E-state index contributed by atoms with van der Waals surface area (Å²) >= 11 is 0. The lowest BCUT2D eigenvalue weighted by atomic mass is 10.0. The van der Waals surface area contributed by atoms with Crippen molar-refractivity contribution in [2.75, 3.05) is 19.8 Å². The predicted octanol–water partition coefficient (Wildman–Crippen LogP) is 15.5. The SMILES string of the molecule is CCCCCCCCCC/C=C\CCCCCCCCCCCCCC(=O)NC(COP(=O)(O)OCCN)C(O)CCCCCCCCCCCCCCCCCCCC. The second-order valence-corrected chi connectivity index (χ2v) is 19.5. The number of amides is 1. The Labute approximate surface area is 373 Å². The van der Waals surface area contributed by atoms with Crippen molar-refractivity contribution in [3.63, 3.8) is 0 Å². The molecule has 0 aromatic heterocycles. The summed E-state index contributed by atoms with van der Waals surface area (Å²) in [4.78, 5) is 22.9. The van der Waals surface area contributed by atoms with Crippen molar-refractivity contribution in [3.05, 3.63) is 12.2 Å². The van der Waals surface area contributed by atoms with Crippen molar-refractivity contribution in [2.24, 2.45) is 5.73 Å². The summed E-state index contributed by atoms with van der Waals surface area (Å²) in [6, 6.07) is -0.772. The summed E-state index contributed by atoms with van der Waals surface area (Å²) in [5.41, 5.74) is 5.40. The maximum absolute atomic E-state index is 12.9. The summed E-state index contributed by atoms with van der Waals surface area (Å²) in [5, 5.41) is 13.9. The molecule has 1 amide bonds. The van der Waals surface area contributed by atoms with Gasteiger partial charge in [-0.3, -0.25) is 13.8 Å². The van der Waals surface area contributed by atoms with Crippen molar-refractivity contribution in [1.82, 2.24) is 5.32 Å². The van der Waals surface area contributed by atoms with Gasteiger partial charge in [-0.15, -0.1) is 0 Å². The van der Waals surface area contributed by atoms with Gasteiger partial charge in [-0.1, -0.05) is 244 Å². The summed E-state index contributed by atoms with van der Waals surface area (Å²) < 4.78 is 22.3. The minimum absolute atomic E-state index is 0.0911. The molecule has 0 aliphatic heterocycles. The maximum atomic E-state index is 12.9. The molecule has 0 aliphatic rings. The second kappa shape index (κ2) is 47.7. The number of nitrogens with two attached hydrogens (primary N) is 1. The van der Waals surface area contributed by atoms with Gasteiger partial charge in [-0.05, 0) is 38.5 Å². The monoisotopic (exact) mass is 871 g/mol. The molecule has 0 radical (unpaired) electrons. The summed E-state index contributed by atoms with van der Waals surface area (Å²) in [5.74, 6) is -0.157. The molecular weight excluding hydrogens is 768 g/mol. The van der Waals surface area contributed by atoms with Gasteiger partial charge in [0.15, 0.2) is 0 Å². The van der Waals surface area contributed by atoms with Gasteiger partial charge >= 0.3 is 7.82 Å². The van der Waals surface area contributed by atoms with E-state index in [0.29, 0.717) is 12.8 Å². The normalized spacial score (nSPS) is 13.9. The van der Waals surface area contributed by atoms with Gasteiger partial charge in [0, 0.05) is 13.0 Å². The van der Waals surface area contributed by atoms with Crippen LogP contribution in [0.2, 0.25) is 0 Å². The molecule has 9 heteroatoms. The van der Waals surface area contributed by atoms with Crippen molar-refractivity contribution >= 4 is 13.7 Å². The number of phosphoric ester groups is 1. The molecular formula is C51H103N2O6P. The third-order valence-electron chi connectivity index (χ3n) is 12.1. The molecule has 0 saturated carbocycles. The molecule has 3 atom stereocenters. The second-order valence-electron chi connectivity index (χ2n) is 18.1. The van der Waals surface area contributed by atoms with E-state index in [-0.39, 0.29) is 25.7 Å². The zero-order valence-electron chi connectivity index (χ0n) is 40.0. The van der Waals surface area contributed by atoms with Crippen LogP contribution in [0.25, 0.3) is 0 Å². The van der Waals surface area contributed by atoms with Crippen molar-refractivity contribution in [1.29, 1.82) is 0 Å². The third kappa shape index (κ3) is 45.3. The van der Waals surface area contributed by atoms with Crippen molar-refractivity contribution < 1.29 is 28.4 Å². The standard InChI is InChI=1S/C51H103N2O6P/c1-3-5-7-9-11-13-15-17-19-21-23-24-25-26-27-29-31-33-35-37-39-41-43-45-51(55)53-49(48-59-60(56,57)58-47-46-52)50(54)44-42-40-38-36-34-32-30-28-22-20-18-16-14-12-10-8-6-4-2/h21,23,49-50,54H,3-20,22,24-48,52H2,1-2H3,(H,53,55)(H,56,57)/b23-21-. The van der Waals surface area contributed by atoms with E-state index in [1.807, 2.05) is 0 Å². The summed E-state index contributed by atoms with van der Waals surface area (Å²) in [6.07, 6.45) is 55.2. The van der Waals surface area contributed by atoms with E-state index in [0.717, 1.165) is 38.5 Å². The lowest BCUT2D eigenvalue weighted by Gasteiger charge is -2.25. The first-order valence-corrected chi connectivity index (χ1v) is 27.8. The minimum atomic E-state index is -4.32. The average molecular weight is 871 g/mol. The van der Waals surface area contributed by atoms with Crippen LogP contribution in [0, 0.1) is 0 Å². The molecule has 0 aromatic carbocycles. The first-order valence-electron chi connectivity index (χ1n) is 26.3. The molecule has 0 aromatic rings. The number of hydrogen-bond donors (Lipinski definition) is 4. The lowest BCUT2D eigenvalue weighted by molar-refractivity contribution is -0.123. The first-order chi connectivity index (χ1) is 29.4. The fraction of sp³-hybridized carbons (Fsp3) is 0.941. The van der Waals surface area contributed by atoms with Crippen LogP contribution in [0.4, 0.5) is 0 Å². The number of carbonyl (C=O) groups excluding carboxylic acids is 1. The van der Waals surface area contributed by atoms with Gasteiger partial charge in [0.2, 0.25) is 5.91 Å². The van der Waals surface area contributed by atoms with E-state index in [1.165, 1.54) is 212 Å². The third-order valence-corrected chi connectivity index (χ3v) is 13.1. The smallest absolute Gasteiger partial charge is 0.391 e. The van der Waals surface area contributed by atoms with E-state index >= 15 is 0 Å². The van der Waals surface area contributed by atoms with E-state index in [4.69, 9.17) is 14.8 Å². The van der Waals surface area contributed by atoms with Crippen LogP contribution in [-0.4, -0.2) is 47.8 Å². The van der Waals surface area contributed by atoms with Crippen molar-refractivity contribution in [3.8, 4) is 0 Å². The highest BCUT2D eigenvalue weighted by Gasteiger charge is 2.27. The summed E-state index contributed by atoms with van der Waals surface area (Å²) in [7, 11) is -4.32. The van der Waals surface area contributed by atoms with E-state index in [1.54, 1.807) is 0 Å². The van der Waals surface area contributed by atoms with Gasteiger partial charge in [-0.2, -0.15) is 0 Å². The van der Waals surface area contributed by atoms with Crippen LogP contribution in [0.5, 0.6) is 0 Å². The molecule has 0 fully saturated rings. The Balaban J connectivity index is 4.00. The molecule has 0 saturated heterocycles. The maximum Gasteiger partial charge on any atom is 0.472 e. The van der Waals surface area contributed by atoms with Gasteiger partial charge in [0.25, 0.3) is 0 Å². The molecule has 358 valence electrons. The Kier molecular flexibility index (Phi) is 47.1. The molecule has 0 spiro atoms. The lowest BCUT2D eigenvalue weighted by Crippen LogP contribution is -2.46. The van der Waals surface area contributed by atoms with Crippen LogP contribution in [0.15, 0.2) is 12.2 Å². The van der Waals surface area contributed by atoms with Crippen LogP contribution >= 0.6 is 7.82 Å². The number of nitrogens with one attached hydrogen (secondary N) is 1. The molecule has 5 N–H and O–H groups in total. The first kappa shape index (κ1) is 59.2. The minimum Gasteiger partial charge on any atom is -0.391 e. The van der Waals surface area contributed by atoms with Crippen molar-refractivity contribution in [2.45, 2.75) is 289 Å². The number of unbranched alkanes of at least 4 members (excludes halogenated alkanes) is 36. The molecule has 0 bridgehead atoms. The average Bonchev–Trinajstić information content (AvgIpc) is 3.24. The highest BCUT2D eigenvalue weighted by molar-refractivity contribution is 7.47. The van der Waals surface area contributed by atoms with Crippen LogP contribution < -0.4 is 11.1 Å². The molecule has 0 heterocycles. The topological polar surface area (TPSA) is 131 Å². The number of aliphatic hydroxyl groups excluding tert-OH is 1. The van der Waals surface area contributed by atoms with E-state index in [2.05, 4.69) is 31.3 Å². The predicted molar refractivity (Wildman–Crippen MR) is 259 cm³/mol. The fourth-order valence-electron chi connectivity index (χ4n) is 8.13. The number of allylic oxidation sites excluding steroid dienone is 2. The van der Waals surface area contributed by atoms with Gasteiger partial charge in [0.1, 0.15) is 0 Å². The van der Waals surface area contributed by atoms with Gasteiger partial charge in [0.05, 0.1) is 25.4 Å². The van der Waals surface area contributed by atoms with Crippen LogP contribution in [0.3, 0.4) is 0 Å². The molecule has 8 nitrogen and oxygen atoms in total. The Morgan fingerprint density at radius 3 is 1.23 bits per heavy atom. The largest absolute Gasteiger partial charge is 0.472 e. The highest BCUT2D eigenvalue weighted by Crippen LogP contribution is 2.43. The number of hydrogen-bond acceptors (Lipinski definition) is 6.